The maximum Gasteiger partial charge on any atom is 0.232 e. The number of rotatable bonds is 7. The van der Waals surface area contributed by atoms with Crippen LogP contribution >= 0.6 is 0 Å². The number of aliphatic hydroxyl groups is 1. The van der Waals surface area contributed by atoms with Gasteiger partial charge in [-0.3, -0.25) is 4.72 Å². The van der Waals surface area contributed by atoms with E-state index < -0.39 is 10.0 Å². The molecule has 1 aromatic carbocycles. The van der Waals surface area contributed by atoms with Crippen molar-refractivity contribution < 1.29 is 18.3 Å². The van der Waals surface area contributed by atoms with Gasteiger partial charge in [-0.2, -0.15) is 0 Å². The van der Waals surface area contributed by atoms with E-state index in [2.05, 4.69) is 16.6 Å². The number of nitrogens with one attached hydrogen (secondary N) is 1. The van der Waals surface area contributed by atoms with Gasteiger partial charge in [0.25, 0.3) is 0 Å². The van der Waals surface area contributed by atoms with Crippen molar-refractivity contribution in [3.63, 3.8) is 0 Å². The smallest absolute Gasteiger partial charge is 0.232 e. The lowest BCUT2D eigenvalue weighted by Gasteiger charge is -2.09. The Hall–Kier alpha value is -1.55. The summed E-state index contributed by atoms with van der Waals surface area (Å²) in [6.45, 7) is 2.32. The van der Waals surface area contributed by atoms with E-state index in [9.17, 15) is 8.42 Å². The zero-order chi connectivity index (χ0) is 15.7. The number of hydrogen-bond donors (Lipinski definition) is 2. The predicted octanol–water partition coefficient (Wildman–Crippen LogP) is 1.51. The van der Waals surface area contributed by atoms with Crippen LogP contribution in [-0.2, 0) is 14.8 Å². The van der Waals surface area contributed by atoms with Gasteiger partial charge in [0.15, 0.2) is 0 Å². The van der Waals surface area contributed by atoms with Crippen LogP contribution < -0.4 is 4.72 Å². The Morgan fingerprint density at radius 1 is 1.38 bits per heavy atom. The molecule has 21 heavy (non-hydrogen) atoms. The lowest BCUT2D eigenvalue weighted by Crippen LogP contribution is -2.17. The van der Waals surface area contributed by atoms with E-state index >= 15 is 0 Å². The Bertz CT molecular complexity index is 614. The molecule has 0 aliphatic rings. The molecule has 1 rings (SSSR count). The van der Waals surface area contributed by atoms with Gasteiger partial charge in [0.1, 0.15) is 0 Å². The molecule has 0 atom stereocenters. The van der Waals surface area contributed by atoms with Crippen molar-refractivity contribution in [2.45, 2.75) is 19.8 Å². The molecule has 0 radical (unpaired) electrons. The first-order valence-corrected chi connectivity index (χ1v) is 8.33. The summed E-state index contributed by atoms with van der Waals surface area (Å²) in [5.41, 5.74) is 2.24. The summed E-state index contributed by atoms with van der Waals surface area (Å²) in [4.78, 5) is 0. The number of hydrogen-bond acceptors (Lipinski definition) is 4. The standard InChI is InChI=1S/C15H21NO4S/c1-13-12-15(8-7-14(13)6-3-4-9-17)16-21(18,19)11-5-10-20-2/h7-8,12,16-17H,4-5,9-11H2,1-2H3. The molecule has 2 N–H and O–H groups in total. The number of aliphatic hydroxyl groups excluding tert-OH is 1. The highest BCUT2D eigenvalue weighted by molar-refractivity contribution is 7.92. The van der Waals surface area contributed by atoms with Crippen LogP contribution in [0.1, 0.15) is 24.0 Å². The van der Waals surface area contributed by atoms with E-state index in [0.29, 0.717) is 25.1 Å². The van der Waals surface area contributed by atoms with E-state index in [1.165, 1.54) is 0 Å². The second-order valence-electron chi connectivity index (χ2n) is 4.57. The molecule has 0 aromatic heterocycles. The summed E-state index contributed by atoms with van der Waals surface area (Å²) in [6, 6.07) is 5.20. The Balaban J connectivity index is 2.74. The first kappa shape index (κ1) is 17.5. The average Bonchev–Trinajstić information content (AvgIpc) is 2.41. The van der Waals surface area contributed by atoms with Crippen LogP contribution in [0.2, 0.25) is 0 Å². The fourth-order valence-corrected chi connectivity index (χ4v) is 2.79. The molecule has 1 aromatic rings. The zero-order valence-corrected chi connectivity index (χ0v) is 13.2. The van der Waals surface area contributed by atoms with Crippen LogP contribution in [0.3, 0.4) is 0 Å². The minimum atomic E-state index is -3.36. The molecule has 5 nitrogen and oxygen atoms in total. The van der Waals surface area contributed by atoms with Crippen LogP contribution in [0.25, 0.3) is 0 Å². The van der Waals surface area contributed by atoms with Crippen molar-refractivity contribution in [1.82, 2.24) is 0 Å². The quantitative estimate of drug-likeness (QED) is 0.591. The second kappa shape index (κ2) is 8.67. The van der Waals surface area contributed by atoms with Gasteiger partial charge >= 0.3 is 0 Å². The molecule has 0 aliphatic carbocycles. The van der Waals surface area contributed by atoms with Crippen molar-refractivity contribution in [3.05, 3.63) is 29.3 Å². The predicted molar refractivity (Wildman–Crippen MR) is 83.7 cm³/mol. The monoisotopic (exact) mass is 311 g/mol. The fourth-order valence-electron chi connectivity index (χ4n) is 1.70. The average molecular weight is 311 g/mol. The van der Waals surface area contributed by atoms with Crippen LogP contribution in [-0.4, -0.2) is 39.6 Å². The minimum absolute atomic E-state index is 0.0257. The number of sulfonamides is 1. The Morgan fingerprint density at radius 3 is 2.76 bits per heavy atom. The zero-order valence-electron chi connectivity index (χ0n) is 12.3. The lowest BCUT2D eigenvalue weighted by molar-refractivity contribution is 0.199. The molecule has 0 spiro atoms. The summed E-state index contributed by atoms with van der Waals surface area (Å²) >= 11 is 0. The van der Waals surface area contributed by atoms with Gasteiger partial charge in [-0.1, -0.05) is 11.8 Å². The van der Waals surface area contributed by atoms with Gasteiger partial charge in [0.2, 0.25) is 10.0 Å². The van der Waals surface area contributed by atoms with Gasteiger partial charge in [0, 0.05) is 31.4 Å². The maximum absolute atomic E-state index is 11.9. The van der Waals surface area contributed by atoms with E-state index in [1.807, 2.05) is 6.92 Å². The van der Waals surface area contributed by atoms with E-state index in [4.69, 9.17) is 9.84 Å². The number of aryl methyl sites for hydroxylation is 1. The first-order chi connectivity index (χ1) is 9.98. The highest BCUT2D eigenvalue weighted by atomic mass is 32.2. The Kier molecular flexibility index (Phi) is 7.23. The fraction of sp³-hybridized carbons (Fsp3) is 0.467. The summed E-state index contributed by atoms with van der Waals surface area (Å²) in [5.74, 6) is 5.81. The summed E-state index contributed by atoms with van der Waals surface area (Å²) in [7, 11) is -1.81. The molecule has 6 heteroatoms. The Morgan fingerprint density at radius 2 is 2.14 bits per heavy atom. The largest absolute Gasteiger partial charge is 0.395 e. The molecule has 0 heterocycles. The van der Waals surface area contributed by atoms with Gasteiger partial charge in [-0.15, -0.1) is 0 Å². The highest BCUT2D eigenvalue weighted by Gasteiger charge is 2.10. The molecular formula is C15H21NO4S. The molecule has 0 saturated carbocycles. The molecular weight excluding hydrogens is 290 g/mol. The van der Waals surface area contributed by atoms with Crippen LogP contribution in [0.15, 0.2) is 18.2 Å². The Labute approximate surface area is 126 Å². The van der Waals surface area contributed by atoms with Crippen molar-refractivity contribution in [3.8, 4) is 11.8 Å². The molecule has 0 amide bonds. The first-order valence-electron chi connectivity index (χ1n) is 6.68. The number of benzene rings is 1. The van der Waals surface area contributed by atoms with Crippen molar-refractivity contribution in [1.29, 1.82) is 0 Å². The molecule has 0 fully saturated rings. The minimum Gasteiger partial charge on any atom is -0.395 e. The van der Waals surface area contributed by atoms with Crippen molar-refractivity contribution in [2.75, 3.05) is 30.8 Å². The molecule has 0 unspecified atom stereocenters. The molecule has 0 saturated heterocycles. The van der Waals surface area contributed by atoms with Gasteiger partial charge in [-0.25, -0.2) is 8.42 Å². The number of anilines is 1. The van der Waals surface area contributed by atoms with Gasteiger partial charge in [-0.05, 0) is 37.1 Å². The summed E-state index contributed by atoms with van der Waals surface area (Å²) in [6.07, 6.45) is 0.878. The molecule has 0 aliphatic heterocycles. The third-order valence-electron chi connectivity index (χ3n) is 2.72. The molecule has 116 valence electrons. The topological polar surface area (TPSA) is 75.6 Å². The molecule has 0 bridgehead atoms. The van der Waals surface area contributed by atoms with Crippen molar-refractivity contribution >= 4 is 15.7 Å². The number of methoxy groups -OCH3 is 1. The second-order valence-corrected chi connectivity index (χ2v) is 6.41. The van der Waals surface area contributed by atoms with E-state index in [-0.39, 0.29) is 12.4 Å². The van der Waals surface area contributed by atoms with Crippen molar-refractivity contribution in [2.24, 2.45) is 0 Å². The number of ether oxygens (including phenoxy) is 1. The lowest BCUT2D eigenvalue weighted by atomic mass is 10.1. The van der Waals surface area contributed by atoms with Gasteiger partial charge < -0.3 is 9.84 Å². The van der Waals surface area contributed by atoms with Gasteiger partial charge in [0.05, 0.1) is 12.4 Å². The maximum atomic E-state index is 11.9. The normalized spacial score (nSPS) is 10.8. The third kappa shape index (κ3) is 6.63. The van der Waals surface area contributed by atoms with Crippen LogP contribution in [0, 0.1) is 18.8 Å². The van der Waals surface area contributed by atoms with Crippen LogP contribution in [0.4, 0.5) is 5.69 Å². The van der Waals surface area contributed by atoms with E-state index in [1.54, 1.807) is 25.3 Å². The SMILES string of the molecule is COCCCS(=O)(=O)Nc1ccc(C#CCCO)c(C)c1. The third-order valence-corrected chi connectivity index (χ3v) is 4.09. The summed E-state index contributed by atoms with van der Waals surface area (Å²) in [5, 5.41) is 8.69. The van der Waals surface area contributed by atoms with E-state index in [0.717, 1.165) is 11.1 Å². The van der Waals surface area contributed by atoms with Crippen LogP contribution in [0.5, 0.6) is 0 Å². The summed E-state index contributed by atoms with van der Waals surface area (Å²) < 4.78 is 31.1. The highest BCUT2D eigenvalue weighted by Crippen LogP contribution is 2.16.